The molecule has 0 amide bonds. The SMILES string of the molecule is C[B]NCCCC[C@H](N)C(=O)O. The van der Waals surface area contributed by atoms with Gasteiger partial charge in [-0.05, 0) is 19.4 Å². The van der Waals surface area contributed by atoms with Crippen molar-refractivity contribution in [1.29, 1.82) is 0 Å². The standard InChI is InChI=1S/C7H16BN2O2/c1-8-10-5-3-2-4-6(9)7(11)12/h6,10H,2-5,9H2,1H3,(H,11,12)/t6-/m0/s1. The van der Waals surface area contributed by atoms with E-state index in [-0.39, 0.29) is 0 Å². The van der Waals surface area contributed by atoms with Crippen molar-refractivity contribution in [3.8, 4) is 0 Å². The molecule has 0 aliphatic rings. The Labute approximate surface area is 73.8 Å². The van der Waals surface area contributed by atoms with Gasteiger partial charge in [-0.3, -0.25) is 4.79 Å². The van der Waals surface area contributed by atoms with Crippen LogP contribution >= 0.6 is 0 Å². The number of carbonyl (C=O) groups is 1. The van der Waals surface area contributed by atoms with Crippen LogP contribution in [0, 0.1) is 0 Å². The topological polar surface area (TPSA) is 75.3 Å². The van der Waals surface area contributed by atoms with Crippen molar-refractivity contribution in [3.63, 3.8) is 0 Å². The molecule has 1 radical (unpaired) electrons. The van der Waals surface area contributed by atoms with Crippen LogP contribution in [0.25, 0.3) is 0 Å². The Morgan fingerprint density at radius 3 is 2.83 bits per heavy atom. The van der Waals surface area contributed by atoms with E-state index < -0.39 is 12.0 Å². The third kappa shape index (κ3) is 6.18. The first-order chi connectivity index (χ1) is 5.68. The number of unbranched alkanes of at least 4 members (excludes halogenated alkanes) is 1. The van der Waals surface area contributed by atoms with Crippen molar-refractivity contribution in [1.82, 2.24) is 5.23 Å². The van der Waals surface area contributed by atoms with Gasteiger partial charge < -0.3 is 16.1 Å². The number of aliphatic carboxylic acids is 1. The van der Waals surface area contributed by atoms with Crippen LogP contribution in [0.5, 0.6) is 0 Å². The second-order valence-corrected chi connectivity index (χ2v) is 2.68. The molecule has 0 aliphatic carbocycles. The van der Waals surface area contributed by atoms with Crippen LogP contribution in [-0.2, 0) is 4.79 Å². The first kappa shape index (κ1) is 11.5. The summed E-state index contributed by atoms with van der Waals surface area (Å²) in [6.45, 7) is 2.81. The molecule has 1 atom stereocenters. The molecule has 4 nitrogen and oxygen atoms in total. The number of rotatable bonds is 7. The molecule has 12 heavy (non-hydrogen) atoms. The van der Waals surface area contributed by atoms with Crippen molar-refractivity contribution in [2.24, 2.45) is 5.73 Å². The van der Waals surface area contributed by atoms with Gasteiger partial charge in [0.25, 0.3) is 0 Å². The van der Waals surface area contributed by atoms with Gasteiger partial charge in [-0.2, -0.15) is 0 Å². The molecule has 0 saturated carbocycles. The van der Waals surface area contributed by atoms with Crippen molar-refractivity contribution in [3.05, 3.63) is 0 Å². The van der Waals surface area contributed by atoms with E-state index in [2.05, 4.69) is 5.23 Å². The van der Waals surface area contributed by atoms with E-state index >= 15 is 0 Å². The highest BCUT2D eigenvalue weighted by molar-refractivity contribution is 6.29. The van der Waals surface area contributed by atoms with Crippen LogP contribution in [0.2, 0.25) is 6.82 Å². The van der Waals surface area contributed by atoms with Crippen LogP contribution in [0.3, 0.4) is 0 Å². The van der Waals surface area contributed by atoms with Gasteiger partial charge in [0.15, 0.2) is 0 Å². The fourth-order valence-electron chi connectivity index (χ4n) is 0.859. The van der Waals surface area contributed by atoms with E-state index in [1.165, 1.54) is 0 Å². The molecule has 0 bridgehead atoms. The van der Waals surface area contributed by atoms with Crippen molar-refractivity contribution < 1.29 is 9.90 Å². The Kier molecular flexibility index (Phi) is 6.80. The molecular formula is C7H16BN2O2. The number of hydrogen-bond donors (Lipinski definition) is 3. The Hall–Kier alpha value is -0.545. The number of carboxylic acids is 1. The highest BCUT2D eigenvalue weighted by atomic mass is 16.4. The average molecular weight is 171 g/mol. The molecule has 69 valence electrons. The summed E-state index contributed by atoms with van der Waals surface area (Å²) in [5, 5.41) is 11.5. The first-order valence-corrected chi connectivity index (χ1v) is 4.18. The molecule has 0 aliphatic heterocycles. The second-order valence-electron chi connectivity index (χ2n) is 2.68. The summed E-state index contributed by atoms with van der Waals surface area (Å²) in [4.78, 5) is 10.3. The third-order valence-corrected chi connectivity index (χ3v) is 1.61. The lowest BCUT2D eigenvalue weighted by Gasteiger charge is -2.05. The zero-order valence-corrected chi connectivity index (χ0v) is 7.42. The molecule has 5 heteroatoms. The molecule has 0 rings (SSSR count). The van der Waals surface area contributed by atoms with Crippen molar-refractivity contribution >= 4 is 13.4 Å². The van der Waals surface area contributed by atoms with E-state index in [0.717, 1.165) is 19.4 Å². The summed E-state index contributed by atoms with van der Waals surface area (Å²) in [6, 6.07) is -0.699. The van der Waals surface area contributed by atoms with Gasteiger partial charge in [0.2, 0.25) is 7.41 Å². The van der Waals surface area contributed by atoms with Crippen LogP contribution in [0.15, 0.2) is 0 Å². The predicted molar refractivity (Wildman–Crippen MR) is 49.1 cm³/mol. The van der Waals surface area contributed by atoms with Gasteiger partial charge in [0, 0.05) is 0 Å². The lowest BCUT2D eigenvalue weighted by atomic mass is 10.00. The highest BCUT2D eigenvalue weighted by Gasteiger charge is 2.09. The molecule has 0 saturated heterocycles. The van der Waals surface area contributed by atoms with E-state index in [9.17, 15) is 4.79 Å². The van der Waals surface area contributed by atoms with Gasteiger partial charge in [0.1, 0.15) is 6.04 Å². The zero-order chi connectivity index (χ0) is 9.40. The Morgan fingerprint density at radius 1 is 1.67 bits per heavy atom. The lowest BCUT2D eigenvalue weighted by molar-refractivity contribution is -0.138. The average Bonchev–Trinajstić information content (AvgIpc) is 2.03. The summed E-state index contributed by atoms with van der Waals surface area (Å²) >= 11 is 0. The van der Waals surface area contributed by atoms with Crippen LogP contribution < -0.4 is 11.0 Å². The summed E-state index contributed by atoms with van der Waals surface area (Å²) in [5.74, 6) is -0.912. The minimum atomic E-state index is -0.912. The maximum absolute atomic E-state index is 10.3. The van der Waals surface area contributed by atoms with Gasteiger partial charge in [-0.15, -0.1) is 0 Å². The van der Waals surface area contributed by atoms with Crippen molar-refractivity contribution in [2.45, 2.75) is 32.1 Å². The normalized spacial score (nSPS) is 12.5. The molecular weight excluding hydrogens is 155 g/mol. The Morgan fingerprint density at radius 2 is 2.33 bits per heavy atom. The maximum Gasteiger partial charge on any atom is 0.320 e. The number of carboxylic acid groups (broad SMARTS) is 1. The van der Waals surface area contributed by atoms with E-state index in [4.69, 9.17) is 10.8 Å². The van der Waals surface area contributed by atoms with Gasteiger partial charge in [-0.1, -0.05) is 13.2 Å². The van der Waals surface area contributed by atoms with Crippen molar-refractivity contribution in [2.75, 3.05) is 6.54 Å². The first-order valence-electron chi connectivity index (χ1n) is 4.18. The monoisotopic (exact) mass is 171 g/mol. The summed E-state index contributed by atoms with van der Waals surface area (Å²) < 4.78 is 0. The Bertz CT molecular complexity index is 133. The molecule has 0 aromatic heterocycles. The number of nitrogens with two attached hydrogens (primary N) is 1. The van der Waals surface area contributed by atoms with E-state index in [1.807, 2.05) is 14.2 Å². The fourth-order valence-corrected chi connectivity index (χ4v) is 0.859. The highest BCUT2D eigenvalue weighted by Crippen LogP contribution is 1.97. The molecule has 0 heterocycles. The molecule has 0 aromatic carbocycles. The summed E-state index contributed by atoms with van der Waals surface area (Å²) in [6.07, 6.45) is 2.38. The van der Waals surface area contributed by atoms with Crippen LogP contribution in [0.1, 0.15) is 19.3 Å². The van der Waals surface area contributed by atoms with E-state index in [0.29, 0.717) is 6.42 Å². The van der Waals surface area contributed by atoms with E-state index in [1.54, 1.807) is 0 Å². The zero-order valence-electron chi connectivity index (χ0n) is 7.42. The maximum atomic E-state index is 10.3. The number of hydrogen-bond acceptors (Lipinski definition) is 3. The molecule has 0 unspecified atom stereocenters. The minimum Gasteiger partial charge on any atom is -0.480 e. The smallest absolute Gasteiger partial charge is 0.320 e. The predicted octanol–water partition coefficient (Wildman–Crippen LogP) is -0.174. The van der Waals surface area contributed by atoms with Gasteiger partial charge in [-0.25, -0.2) is 0 Å². The second kappa shape index (κ2) is 7.12. The lowest BCUT2D eigenvalue weighted by Crippen LogP contribution is -2.30. The third-order valence-electron chi connectivity index (χ3n) is 1.61. The van der Waals surface area contributed by atoms with Gasteiger partial charge >= 0.3 is 5.97 Å². The molecule has 4 N–H and O–H groups in total. The summed E-state index contributed by atoms with van der Waals surface area (Å²) in [7, 11) is 1.87. The largest absolute Gasteiger partial charge is 0.480 e. The Balaban J connectivity index is 3.14. The van der Waals surface area contributed by atoms with Gasteiger partial charge in [0.05, 0.1) is 0 Å². The quantitative estimate of drug-likeness (QED) is 0.367. The molecule has 0 aromatic rings. The minimum absolute atomic E-state index is 0.556. The fraction of sp³-hybridized carbons (Fsp3) is 0.857. The molecule has 0 spiro atoms. The summed E-state index contributed by atoms with van der Waals surface area (Å²) in [5.41, 5.74) is 5.30. The van der Waals surface area contributed by atoms with Crippen LogP contribution in [0.4, 0.5) is 0 Å². The number of nitrogens with one attached hydrogen (secondary N) is 1. The van der Waals surface area contributed by atoms with Crippen LogP contribution in [-0.4, -0.2) is 31.1 Å². The molecule has 0 fully saturated rings.